The zero-order valence-electron chi connectivity index (χ0n) is 7.39. The summed E-state index contributed by atoms with van der Waals surface area (Å²) in [6, 6.07) is 1.88. The fourth-order valence-corrected chi connectivity index (χ4v) is 1.42. The second kappa shape index (κ2) is 4.34. The molecule has 1 aromatic heterocycles. The molecule has 0 radical (unpaired) electrons. The van der Waals surface area contributed by atoms with Crippen LogP contribution in [0.2, 0.25) is 5.15 Å². The SMILES string of the molecule is Cc1c(CC#N)cnc(Cl)c1C(F)F. The minimum Gasteiger partial charge on any atom is -0.244 e. The van der Waals surface area contributed by atoms with E-state index < -0.39 is 6.43 Å². The lowest BCUT2D eigenvalue weighted by molar-refractivity contribution is 0.150. The van der Waals surface area contributed by atoms with Crippen LogP contribution in [-0.2, 0) is 6.42 Å². The normalized spacial score (nSPS) is 10.3. The van der Waals surface area contributed by atoms with Gasteiger partial charge in [-0.05, 0) is 18.1 Å². The molecule has 5 heteroatoms. The molecule has 1 heterocycles. The molecule has 74 valence electrons. The number of hydrogen-bond acceptors (Lipinski definition) is 2. The minimum atomic E-state index is -2.66. The maximum absolute atomic E-state index is 12.5. The molecule has 0 spiro atoms. The average Bonchev–Trinajstić information content (AvgIpc) is 2.10. The Morgan fingerprint density at radius 3 is 2.79 bits per heavy atom. The van der Waals surface area contributed by atoms with Crippen LogP contribution in [0.1, 0.15) is 23.1 Å². The molecule has 0 saturated carbocycles. The van der Waals surface area contributed by atoms with E-state index in [0.29, 0.717) is 11.1 Å². The summed E-state index contributed by atoms with van der Waals surface area (Å²) < 4.78 is 25.0. The average molecular weight is 217 g/mol. The van der Waals surface area contributed by atoms with Crippen molar-refractivity contribution in [2.75, 3.05) is 0 Å². The van der Waals surface area contributed by atoms with E-state index in [-0.39, 0.29) is 17.1 Å². The van der Waals surface area contributed by atoms with Crippen molar-refractivity contribution in [1.82, 2.24) is 4.98 Å². The van der Waals surface area contributed by atoms with Gasteiger partial charge < -0.3 is 0 Å². The molecule has 1 aromatic rings. The highest BCUT2D eigenvalue weighted by atomic mass is 35.5. The highest BCUT2D eigenvalue weighted by Crippen LogP contribution is 2.30. The van der Waals surface area contributed by atoms with E-state index in [2.05, 4.69) is 4.98 Å². The molecule has 0 amide bonds. The Balaban J connectivity index is 3.28. The summed E-state index contributed by atoms with van der Waals surface area (Å²) in [6.45, 7) is 1.52. The molecule has 0 atom stereocenters. The third kappa shape index (κ3) is 1.99. The predicted octanol–water partition coefficient (Wildman–Crippen LogP) is 3.05. The summed E-state index contributed by atoms with van der Waals surface area (Å²) in [5.74, 6) is 0. The highest BCUT2D eigenvalue weighted by molar-refractivity contribution is 6.30. The van der Waals surface area contributed by atoms with Gasteiger partial charge in [-0.2, -0.15) is 5.26 Å². The largest absolute Gasteiger partial charge is 0.267 e. The predicted molar refractivity (Wildman–Crippen MR) is 48.3 cm³/mol. The lowest BCUT2D eigenvalue weighted by atomic mass is 10.0. The number of halogens is 3. The van der Waals surface area contributed by atoms with Crippen molar-refractivity contribution in [3.63, 3.8) is 0 Å². The Hall–Kier alpha value is -1.21. The first-order valence-electron chi connectivity index (χ1n) is 3.87. The second-order valence-corrected chi connectivity index (χ2v) is 3.11. The van der Waals surface area contributed by atoms with Gasteiger partial charge in [-0.3, -0.25) is 0 Å². The van der Waals surface area contributed by atoms with Gasteiger partial charge >= 0.3 is 0 Å². The van der Waals surface area contributed by atoms with Gasteiger partial charge in [0, 0.05) is 6.20 Å². The van der Waals surface area contributed by atoms with Crippen LogP contribution in [0.15, 0.2) is 6.20 Å². The lowest BCUT2D eigenvalue weighted by Crippen LogP contribution is -1.99. The summed E-state index contributed by atoms with van der Waals surface area (Å²) >= 11 is 5.52. The van der Waals surface area contributed by atoms with E-state index in [1.165, 1.54) is 13.1 Å². The van der Waals surface area contributed by atoms with Crippen LogP contribution in [0, 0.1) is 18.3 Å². The van der Waals surface area contributed by atoms with Gasteiger partial charge in [-0.25, -0.2) is 13.8 Å². The molecule has 0 aliphatic rings. The van der Waals surface area contributed by atoms with E-state index in [4.69, 9.17) is 16.9 Å². The molecular formula is C9H7ClF2N2. The summed E-state index contributed by atoms with van der Waals surface area (Å²) in [6.07, 6.45) is -1.24. The quantitative estimate of drug-likeness (QED) is 0.713. The molecule has 0 unspecified atom stereocenters. The second-order valence-electron chi connectivity index (χ2n) is 2.75. The third-order valence-corrected chi connectivity index (χ3v) is 2.23. The number of nitrogens with zero attached hydrogens (tertiary/aromatic N) is 2. The standard InChI is InChI=1S/C9H7ClF2N2/c1-5-6(2-3-13)4-14-8(10)7(5)9(11)12/h4,9H,2H2,1H3. The summed E-state index contributed by atoms with van der Waals surface area (Å²) in [7, 11) is 0. The number of aromatic nitrogens is 1. The van der Waals surface area contributed by atoms with Crippen molar-refractivity contribution in [2.45, 2.75) is 19.8 Å². The first-order chi connectivity index (χ1) is 6.57. The monoisotopic (exact) mass is 216 g/mol. The van der Waals surface area contributed by atoms with Crippen LogP contribution < -0.4 is 0 Å². The van der Waals surface area contributed by atoms with Gasteiger partial charge in [-0.1, -0.05) is 11.6 Å². The van der Waals surface area contributed by atoms with Crippen LogP contribution in [0.5, 0.6) is 0 Å². The fraction of sp³-hybridized carbons (Fsp3) is 0.333. The van der Waals surface area contributed by atoms with Gasteiger partial charge in [0.2, 0.25) is 0 Å². The molecular weight excluding hydrogens is 210 g/mol. The van der Waals surface area contributed by atoms with Gasteiger partial charge in [-0.15, -0.1) is 0 Å². The first kappa shape index (κ1) is 10.9. The van der Waals surface area contributed by atoms with Crippen LogP contribution in [-0.4, -0.2) is 4.98 Å². The van der Waals surface area contributed by atoms with Gasteiger partial charge in [0.15, 0.2) is 0 Å². The molecule has 0 bridgehead atoms. The maximum atomic E-state index is 12.5. The number of pyridine rings is 1. The van der Waals surface area contributed by atoms with Crippen LogP contribution in [0.3, 0.4) is 0 Å². The number of hydrogen-bond donors (Lipinski definition) is 0. The van der Waals surface area contributed by atoms with Crippen LogP contribution in [0.25, 0.3) is 0 Å². The minimum absolute atomic E-state index is 0.0652. The van der Waals surface area contributed by atoms with E-state index >= 15 is 0 Å². The van der Waals surface area contributed by atoms with Crippen molar-refractivity contribution < 1.29 is 8.78 Å². The molecule has 0 aliphatic heterocycles. The molecule has 2 nitrogen and oxygen atoms in total. The van der Waals surface area contributed by atoms with E-state index in [1.54, 1.807) is 0 Å². The Morgan fingerprint density at radius 2 is 2.29 bits per heavy atom. The van der Waals surface area contributed by atoms with Crippen molar-refractivity contribution in [2.24, 2.45) is 0 Å². The Bertz CT molecular complexity index is 385. The topological polar surface area (TPSA) is 36.7 Å². The number of alkyl halides is 2. The highest BCUT2D eigenvalue weighted by Gasteiger charge is 2.18. The van der Waals surface area contributed by atoms with E-state index in [0.717, 1.165) is 0 Å². The van der Waals surface area contributed by atoms with Gasteiger partial charge in [0.1, 0.15) is 5.15 Å². The summed E-state index contributed by atoms with van der Waals surface area (Å²) in [5, 5.41) is 8.25. The first-order valence-corrected chi connectivity index (χ1v) is 4.24. The summed E-state index contributed by atoms with van der Waals surface area (Å²) in [4.78, 5) is 3.61. The molecule has 0 saturated heterocycles. The molecule has 1 rings (SSSR count). The number of nitriles is 1. The Kier molecular flexibility index (Phi) is 3.37. The van der Waals surface area contributed by atoms with Crippen LogP contribution in [0.4, 0.5) is 8.78 Å². The lowest BCUT2D eigenvalue weighted by Gasteiger charge is -2.09. The zero-order chi connectivity index (χ0) is 10.7. The van der Waals surface area contributed by atoms with Crippen molar-refractivity contribution in [3.05, 3.63) is 28.0 Å². The fourth-order valence-electron chi connectivity index (χ4n) is 1.15. The zero-order valence-corrected chi connectivity index (χ0v) is 8.15. The smallest absolute Gasteiger partial charge is 0.244 e. The molecule has 0 aromatic carbocycles. The van der Waals surface area contributed by atoms with Crippen molar-refractivity contribution >= 4 is 11.6 Å². The molecule has 0 N–H and O–H groups in total. The van der Waals surface area contributed by atoms with Gasteiger partial charge in [0.25, 0.3) is 6.43 Å². The Labute approximate surface area is 85.1 Å². The third-order valence-electron chi connectivity index (χ3n) is 1.93. The van der Waals surface area contributed by atoms with E-state index in [1.807, 2.05) is 6.07 Å². The van der Waals surface area contributed by atoms with E-state index in [9.17, 15) is 8.78 Å². The molecule has 0 aliphatic carbocycles. The maximum Gasteiger partial charge on any atom is 0.267 e. The Morgan fingerprint density at radius 1 is 1.64 bits per heavy atom. The molecule has 0 fully saturated rings. The van der Waals surface area contributed by atoms with Crippen molar-refractivity contribution in [3.8, 4) is 6.07 Å². The van der Waals surface area contributed by atoms with Gasteiger partial charge in [0.05, 0.1) is 18.1 Å². The summed E-state index contributed by atoms with van der Waals surface area (Å²) in [5.41, 5.74) is 0.563. The van der Waals surface area contributed by atoms with Crippen LogP contribution >= 0.6 is 11.6 Å². The molecule has 14 heavy (non-hydrogen) atoms. The van der Waals surface area contributed by atoms with Crippen molar-refractivity contribution in [1.29, 1.82) is 5.26 Å². The number of rotatable bonds is 2.